The Morgan fingerprint density at radius 1 is 1.23 bits per heavy atom. The molecule has 3 aromatic heterocycles. The highest BCUT2D eigenvalue weighted by Crippen LogP contribution is 2.28. The Kier molecular flexibility index (Phi) is 6.70. The number of ether oxygens (including phenoxy) is 1. The van der Waals surface area contributed by atoms with Crippen molar-refractivity contribution in [2.75, 3.05) is 25.0 Å². The van der Waals surface area contributed by atoms with E-state index in [4.69, 9.17) is 27.9 Å². The molecule has 11 heteroatoms. The highest BCUT2D eigenvalue weighted by Gasteiger charge is 2.25. The van der Waals surface area contributed by atoms with Crippen LogP contribution in [-0.2, 0) is 0 Å². The first-order chi connectivity index (χ1) is 17.0. The molecule has 1 atom stereocenters. The molecule has 1 aliphatic rings. The van der Waals surface area contributed by atoms with Crippen LogP contribution in [0.15, 0.2) is 48.9 Å². The van der Waals surface area contributed by atoms with E-state index >= 15 is 0 Å². The third-order valence-electron chi connectivity index (χ3n) is 5.82. The number of hydrogen-bond donors (Lipinski definition) is 2. The minimum Gasteiger partial charge on any atom is -0.410 e. The van der Waals surface area contributed by atoms with Crippen LogP contribution in [0.2, 0.25) is 10.0 Å². The molecular formula is C24H21Cl2FN6O2. The highest BCUT2D eigenvalue weighted by molar-refractivity contribution is 6.31. The monoisotopic (exact) mass is 514 g/mol. The largest absolute Gasteiger partial charge is 0.415 e. The minimum atomic E-state index is -0.558. The second-order valence-corrected chi connectivity index (χ2v) is 9.18. The molecule has 0 radical (unpaired) electrons. The third kappa shape index (κ3) is 5.31. The van der Waals surface area contributed by atoms with Crippen molar-refractivity contribution < 1.29 is 13.9 Å². The van der Waals surface area contributed by atoms with Crippen LogP contribution in [0.25, 0.3) is 22.4 Å². The summed E-state index contributed by atoms with van der Waals surface area (Å²) in [7, 11) is 0. The van der Waals surface area contributed by atoms with Crippen LogP contribution < -0.4 is 10.1 Å². The molecule has 1 amide bonds. The highest BCUT2D eigenvalue weighted by atomic mass is 35.5. The number of amides is 1. The van der Waals surface area contributed by atoms with Gasteiger partial charge < -0.3 is 19.9 Å². The van der Waals surface area contributed by atoms with E-state index in [1.54, 1.807) is 47.6 Å². The van der Waals surface area contributed by atoms with E-state index in [1.807, 2.05) is 0 Å². The van der Waals surface area contributed by atoms with E-state index in [0.717, 1.165) is 24.4 Å². The van der Waals surface area contributed by atoms with E-state index in [9.17, 15) is 9.18 Å². The lowest BCUT2D eigenvalue weighted by atomic mass is 9.98. The van der Waals surface area contributed by atoms with Gasteiger partial charge in [-0.3, -0.25) is 0 Å². The summed E-state index contributed by atoms with van der Waals surface area (Å²) in [6.07, 6.45) is 5.67. The number of H-pyrrole nitrogens is 1. The van der Waals surface area contributed by atoms with Gasteiger partial charge >= 0.3 is 6.09 Å². The van der Waals surface area contributed by atoms with E-state index in [2.05, 4.69) is 25.3 Å². The first kappa shape index (κ1) is 23.3. The maximum absolute atomic E-state index is 14.5. The number of benzene rings is 1. The van der Waals surface area contributed by atoms with Crippen molar-refractivity contribution in [3.05, 3.63) is 64.8 Å². The maximum atomic E-state index is 14.5. The van der Waals surface area contributed by atoms with Crippen molar-refractivity contribution >= 4 is 46.1 Å². The van der Waals surface area contributed by atoms with Crippen molar-refractivity contribution in [2.45, 2.75) is 12.8 Å². The standard InChI is InChI=1S/C24H21Cl2FN6O2/c25-15-4-1-5-17(7-15)35-24(34)33-6-2-3-14(13-33)9-28-23-20(27)12-31-22(32-23)19-11-30-21-18(19)8-16(26)10-29-21/h1,4-5,7-8,10-12,14H,2-3,6,9,13H2,(H,29,30)(H,28,31,32). The first-order valence-electron chi connectivity index (χ1n) is 11.1. The number of aromatic amines is 1. The molecule has 0 saturated carbocycles. The van der Waals surface area contributed by atoms with Gasteiger partial charge in [0.15, 0.2) is 17.5 Å². The van der Waals surface area contributed by atoms with Crippen LogP contribution in [0.3, 0.4) is 0 Å². The predicted octanol–water partition coefficient (Wildman–Crippen LogP) is 5.79. The fraction of sp³-hybridized carbons (Fsp3) is 0.250. The Balaban J connectivity index is 1.25. The van der Waals surface area contributed by atoms with E-state index < -0.39 is 11.9 Å². The average Bonchev–Trinajstić information content (AvgIpc) is 3.27. The molecule has 0 spiro atoms. The molecule has 1 saturated heterocycles. The number of pyridine rings is 1. The van der Waals surface area contributed by atoms with Gasteiger partial charge in [-0.1, -0.05) is 29.3 Å². The first-order valence-corrected chi connectivity index (χ1v) is 11.8. The van der Waals surface area contributed by atoms with Crippen LogP contribution in [0.4, 0.5) is 15.0 Å². The topological polar surface area (TPSA) is 96.0 Å². The van der Waals surface area contributed by atoms with E-state index in [1.165, 1.54) is 0 Å². The van der Waals surface area contributed by atoms with Crippen molar-refractivity contribution in [1.29, 1.82) is 0 Å². The van der Waals surface area contributed by atoms with Gasteiger partial charge in [-0.05, 0) is 43.0 Å². The average molecular weight is 515 g/mol. The van der Waals surface area contributed by atoms with Crippen molar-refractivity contribution in [1.82, 2.24) is 24.8 Å². The molecule has 1 unspecified atom stereocenters. The number of carbonyl (C=O) groups is 1. The summed E-state index contributed by atoms with van der Waals surface area (Å²) < 4.78 is 19.9. The van der Waals surface area contributed by atoms with Gasteiger partial charge in [-0.25, -0.2) is 24.1 Å². The summed E-state index contributed by atoms with van der Waals surface area (Å²) in [5, 5.41) is 4.81. The Hall–Kier alpha value is -3.43. The molecule has 4 aromatic rings. The second-order valence-electron chi connectivity index (χ2n) is 8.30. The van der Waals surface area contributed by atoms with Gasteiger partial charge in [0.1, 0.15) is 11.4 Å². The molecule has 5 rings (SSSR count). The number of piperidine rings is 1. The van der Waals surface area contributed by atoms with Gasteiger partial charge in [-0.15, -0.1) is 0 Å². The number of nitrogens with zero attached hydrogens (tertiary/aromatic N) is 4. The van der Waals surface area contributed by atoms with Gasteiger partial charge in [0.05, 0.1) is 11.2 Å². The summed E-state index contributed by atoms with van der Waals surface area (Å²) >= 11 is 12.0. The van der Waals surface area contributed by atoms with Crippen molar-refractivity contribution in [3.63, 3.8) is 0 Å². The normalized spacial score (nSPS) is 15.9. The summed E-state index contributed by atoms with van der Waals surface area (Å²) in [5.41, 5.74) is 1.31. The predicted molar refractivity (Wildman–Crippen MR) is 132 cm³/mol. The number of hydrogen-bond acceptors (Lipinski definition) is 6. The number of fused-ring (bicyclic) bond motifs is 1. The lowest BCUT2D eigenvalue weighted by molar-refractivity contribution is 0.128. The lowest BCUT2D eigenvalue weighted by Gasteiger charge is -2.32. The van der Waals surface area contributed by atoms with E-state index in [-0.39, 0.29) is 11.7 Å². The fourth-order valence-corrected chi connectivity index (χ4v) is 4.46. The van der Waals surface area contributed by atoms with E-state index in [0.29, 0.717) is 52.5 Å². The molecule has 0 aliphatic carbocycles. The number of halogens is 3. The zero-order chi connectivity index (χ0) is 24.4. The van der Waals surface area contributed by atoms with Crippen molar-refractivity contribution in [2.24, 2.45) is 5.92 Å². The number of aromatic nitrogens is 4. The second kappa shape index (κ2) is 10.1. The Labute approximate surface area is 210 Å². The Morgan fingerprint density at radius 3 is 2.97 bits per heavy atom. The molecule has 4 heterocycles. The van der Waals surface area contributed by atoms with Gasteiger partial charge in [-0.2, -0.15) is 0 Å². The molecule has 8 nitrogen and oxygen atoms in total. The van der Waals surface area contributed by atoms with Crippen LogP contribution in [-0.4, -0.2) is 50.6 Å². The van der Waals surface area contributed by atoms with Gasteiger partial charge in [0, 0.05) is 48.0 Å². The smallest absolute Gasteiger partial charge is 0.410 e. The molecule has 1 aromatic carbocycles. The zero-order valence-electron chi connectivity index (χ0n) is 18.5. The summed E-state index contributed by atoms with van der Waals surface area (Å²) in [6, 6.07) is 8.47. The number of nitrogens with one attached hydrogen (secondary N) is 2. The molecule has 2 N–H and O–H groups in total. The minimum absolute atomic E-state index is 0.0953. The fourth-order valence-electron chi connectivity index (χ4n) is 4.12. The third-order valence-corrected chi connectivity index (χ3v) is 6.26. The number of likely N-dealkylation sites (tertiary alicyclic amines) is 1. The van der Waals surface area contributed by atoms with Crippen LogP contribution in [0, 0.1) is 11.7 Å². The van der Waals surface area contributed by atoms with Crippen molar-refractivity contribution in [3.8, 4) is 17.1 Å². The number of carbonyl (C=O) groups excluding carboxylic acids is 1. The molecule has 1 fully saturated rings. The maximum Gasteiger partial charge on any atom is 0.415 e. The van der Waals surface area contributed by atoms with Gasteiger partial charge in [0.2, 0.25) is 0 Å². The lowest BCUT2D eigenvalue weighted by Crippen LogP contribution is -2.43. The molecule has 35 heavy (non-hydrogen) atoms. The number of rotatable bonds is 5. The number of anilines is 1. The Bertz CT molecular complexity index is 1380. The van der Waals surface area contributed by atoms with Crippen LogP contribution >= 0.6 is 23.2 Å². The molecule has 180 valence electrons. The molecule has 1 aliphatic heterocycles. The van der Waals surface area contributed by atoms with Gasteiger partial charge in [0.25, 0.3) is 0 Å². The molecule has 0 bridgehead atoms. The summed E-state index contributed by atoms with van der Waals surface area (Å²) in [6.45, 7) is 1.52. The van der Waals surface area contributed by atoms with Crippen LogP contribution in [0.5, 0.6) is 5.75 Å². The summed E-state index contributed by atoms with van der Waals surface area (Å²) in [4.78, 5) is 30.1. The quantitative estimate of drug-likeness (QED) is 0.350. The Morgan fingerprint density at radius 2 is 2.11 bits per heavy atom. The SMILES string of the molecule is O=C(Oc1cccc(Cl)c1)N1CCCC(CNc2nc(-c3c[nH]c4ncc(Cl)cc34)ncc2F)C1. The molecular weight excluding hydrogens is 494 g/mol. The summed E-state index contributed by atoms with van der Waals surface area (Å²) in [5.74, 6) is 0.381. The van der Waals surface area contributed by atoms with Crippen LogP contribution in [0.1, 0.15) is 12.8 Å². The zero-order valence-corrected chi connectivity index (χ0v) is 20.0.